The molecule has 0 amide bonds. The number of carbonyl (C=O) groups excluding carboxylic acids is 2. The lowest BCUT2D eigenvalue weighted by Gasteiger charge is -2.19. The van der Waals surface area contributed by atoms with Crippen LogP contribution < -0.4 is 4.74 Å². The Morgan fingerprint density at radius 3 is 2.23 bits per heavy atom. The number of ketones is 2. The molecule has 0 bridgehead atoms. The van der Waals surface area contributed by atoms with Crippen molar-refractivity contribution in [2.24, 2.45) is 0 Å². The fraction of sp³-hybridized carbons (Fsp3) is 0.379. The second-order valence-electron chi connectivity index (χ2n) is 6.81. The van der Waals surface area contributed by atoms with E-state index in [0.29, 0.717) is 24.5 Å². The molecule has 1 aliphatic rings. The quantitative estimate of drug-likeness (QED) is 0.200. The van der Waals surface area contributed by atoms with Crippen molar-refractivity contribution in [1.82, 2.24) is 0 Å². The number of hydrogen-bond donors (Lipinski definition) is 0. The summed E-state index contributed by atoms with van der Waals surface area (Å²) in [5, 5.41) is 0.499. The number of carbonyl (C=O) groups is 2. The molecule has 192 valence electrons. The standard InChI is InChI=1S/C22H20Cl2O3S.C3H6.2C2H6/c1-2-13-27-22-16(23)12-11-15(20(22)24)21(26)19-17(25)9-6-10-18(19)28-14-7-4-3-5-8-14;1-3-2;2*1-2/h3-5,7-8,11-12H,2,6,9-10,13H2,1H3;3H,1H2,2H3;2*1-2H3. The van der Waals surface area contributed by atoms with Crippen molar-refractivity contribution in [3.05, 3.63) is 81.2 Å². The zero-order valence-corrected chi connectivity index (χ0v) is 24.1. The Hall–Kier alpha value is -2.01. The first kappa shape index (κ1) is 33.0. The third-order valence-electron chi connectivity index (χ3n) is 4.32. The number of allylic oxidation sites excluding steroid dienone is 3. The van der Waals surface area contributed by atoms with E-state index in [0.717, 1.165) is 22.6 Å². The molecule has 0 unspecified atom stereocenters. The van der Waals surface area contributed by atoms with Crippen LogP contribution in [0.4, 0.5) is 0 Å². The normalized spacial score (nSPS) is 12.2. The Balaban J connectivity index is 0.00000150. The molecule has 0 fully saturated rings. The highest BCUT2D eigenvalue weighted by Gasteiger charge is 2.30. The molecule has 0 saturated carbocycles. The average molecular weight is 538 g/mol. The van der Waals surface area contributed by atoms with Gasteiger partial charge in [-0.1, -0.05) is 93.9 Å². The number of Topliss-reactive ketones (excluding diaryl/α,β-unsaturated/α-hetero) is 2. The van der Waals surface area contributed by atoms with Crippen molar-refractivity contribution in [3.8, 4) is 5.75 Å². The van der Waals surface area contributed by atoms with E-state index in [1.54, 1.807) is 18.2 Å². The molecular weight excluding hydrogens is 499 g/mol. The van der Waals surface area contributed by atoms with Gasteiger partial charge in [-0.3, -0.25) is 9.59 Å². The van der Waals surface area contributed by atoms with Crippen molar-refractivity contribution in [1.29, 1.82) is 0 Å². The van der Waals surface area contributed by atoms with Gasteiger partial charge < -0.3 is 4.74 Å². The molecule has 3 rings (SSSR count). The van der Waals surface area contributed by atoms with Gasteiger partial charge in [0.15, 0.2) is 17.3 Å². The summed E-state index contributed by atoms with van der Waals surface area (Å²) >= 11 is 14.1. The highest BCUT2D eigenvalue weighted by atomic mass is 35.5. The lowest BCUT2D eigenvalue weighted by Crippen LogP contribution is -2.19. The third-order valence-corrected chi connectivity index (χ3v) is 6.16. The van der Waals surface area contributed by atoms with Gasteiger partial charge in [0.05, 0.1) is 22.2 Å². The summed E-state index contributed by atoms with van der Waals surface area (Å²) in [5.74, 6) is -0.222. The zero-order valence-electron chi connectivity index (χ0n) is 21.8. The van der Waals surface area contributed by atoms with Gasteiger partial charge in [0.25, 0.3) is 0 Å². The molecule has 2 aromatic carbocycles. The smallest absolute Gasteiger partial charge is 0.199 e. The molecule has 0 N–H and O–H groups in total. The second-order valence-corrected chi connectivity index (χ2v) is 8.77. The average Bonchev–Trinajstić information content (AvgIpc) is 2.87. The van der Waals surface area contributed by atoms with E-state index in [4.69, 9.17) is 27.9 Å². The maximum absolute atomic E-state index is 13.3. The van der Waals surface area contributed by atoms with Crippen LogP contribution in [0, 0.1) is 0 Å². The van der Waals surface area contributed by atoms with E-state index in [1.807, 2.05) is 71.9 Å². The predicted molar refractivity (Wildman–Crippen MR) is 153 cm³/mol. The summed E-state index contributed by atoms with van der Waals surface area (Å²) in [6.45, 7) is 15.7. The summed E-state index contributed by atoms with van der Waals surface area (Å²) in [7, 11) is 0. The Bertz CT molecular complexity index is 969. The number of hydrogen-bond acceptors (Lipinski definition) is 4. The Kier molecular flexibility index (Phi) is 18.1. The maximum atomic E-state index is 13.3. The first-order chi connectivity index (χ1) is 16.9. The van der Waals surface area contributed by atoms with Crippen LogP contribution >= 0.6 is 35.0 Å². The maximum Gasteiger partial charge on any atom is 0.199 e. The Morgan fingerprint density at radius 2 is 1.66 bits per heavy atom. The molecule has 0 saturated heterocycles. The second kappa shape index (κ2) is 19.2. The molecule has 3 nitrogen and oxygen atoms in total. The van der Waals surface area contributed by atoms with Crippen LogP contribution in [-0.4, -0.2) is 18.2 Å². The Labute approximate surface area is 225 Å². The fourth-order valence-corrected chi connectivity index (χ4v) is 4.68. The zero-order chi connectivity index (χ0) is 26.8. The van der Waals surface area contributed by atoms with E-state index in [1.165, 1.54) is 11.8 Å². The Morgan fingerprint density at radius 1 is 1.06 bits per heavy atom. The molecule has 2 aromatic rings. The molecule has 0 heterocycles. The highest BCUT2D eigenvalue weighted by Crippen LogP contribution is 2.40. The minimum absolute atomic E-state index is 0.142. The molecule has 35 heavy (non-hydrogen) atoms. The minimum atomic E-state index is -0.369. The van der Waals surface area contributed by atoms with Crippen LogP contribution in [0.15, 0.2) is 70.5 Å². The molecule has 0 spiro atoms. The van der Waals surface area contributed by atoms with Crippen LogP contribution in [0.5, 0.6) is 5.75 Å². The molecule has 0 radical (unpaired) electrons. The van der Waals surface area contributed by atoms with Gasteiger partial charge in [-0.05, 0) is 50.5 Å². The third kappa shape index (κ3) is 10.2. The molecular formula is C29H38Cl2O3S. The summed E-state index contributed by atoms with van der Waals surface area (Å²) < 4.78 is 5.62. The predicted octanol–water partition coefficient (Wildman–Crippen LogP) is 10.0. The topological polar surface area (TPSA) is 43.4 Å². The minimum Gasteiger partial charge on any atom is -0.490 e. The monoisotopic (exact) mass is 536 g/mol. The van der Waals surface area contributed by atoms with E-state index < -0.39 is 0 Å². The molecule has 6 heteroatoms. The molecule has 0 aromatic heterocycles. The largest absolute Gasteiger partial charge is 0.490 e. The van der Waals surface area contributed by atoms with Gasteiger partial charge in [0, 0.05) is 21.8 Å². The van der Waals surface area contributed by atoms with Gasteiger partial charge in [-0.15, -0.1) is 6.58 Å². The molecule has 0 atom stereocenters. The fourth-order valence-electron chi connectivity index (χ4n) is 2.98. The number of benzene rings is 2. The molecule has 1 aliphatic carbocycles. The van der Waals surface area contributed by atoms with E-state index >= 15 is 0 Å². The molecule has 0 aliphatic heterocycles. The van der Waals surface area contributed by atoms with Gasteiger partial charge in [-0.2, -0.15) is 0 Å². The van der Waals surface area contributed by atoms with Crippen LogP contribution in [0.2, 0.25) is 10.0 Å². The van der Waals surface area contributed by atoms with Gasteiger partial charge in [0.1, 0.15) is 0 Å². The van der Waals surface area contributed by atoms with E-state index in [-0.39, 0.29) is 33.5 Å². The lowest BCUT2D eigenvalue weighted by molar-refractivity contribution is -0.115. The number of ether oxygens (including phenoxy) is 1. The van der Waals surface area contributed by atoms with Crippen LogP contribution in [0.3, 0.4) is 0 Å². The first-order valence-corrected chi connectivity index (χ1v) is 13.7. The van der Waals surface area contributed by atoms with Crippen LogP contribution in [-0.2, 0) is 4.79 Å². The number of thioether (sulfide) groups is 1. The van der Waals surface area contributed by atoms with E-state index in [9.17, 15) is 9.59 Å². The SMILES string of the molecule is C=CC.CC.CC.CCCOc1c(Cl)ccc(C(=O)C2=C(Sc3ccccc3)CCCC2=O)c1Cl. The summed E-state index contributed by atoms with van der Waals surface area (Å²) in [6, 6.07) is 12.9. The first-order valence-electron chi connectivity index (χ1n) is 12.2. The van der Waals surface area contributed by atoms with E-state index in [2.05, 4.69) is 6.58 Å². The van der Waals surface area contributed by atoms with Crippen molar-refractivity contribution in [3.63, 3.8) is 0 Å². The number of rotatable bonds is 7. The summed E-state index contributed by atoms with van der Waals surface area (Å²) in [4.78, 5) is 27.7. The van der Waals surface area contributed by atoms with Crippen molar-refractivity contribution in [2.45, 2.75) is 72.1 Å². The highest BCUT2D eigenvalue weighted by molar-refractivity contribution is 8.03. The van der Waals surface area contributed by atoms with Gasteiger partial charge in [0.2, 0.25) is 0 Å². The van der Waals surface area contributed by atoms with Crippen molar-refractivity contribution in [2.75, 3.05) is 6.61 Å². The van der Waals surface area contributed by atoms with Crippen LogP contribution in [0.1, 0.15) is 77.6 Å². The van der Waals surface area contributed by atoms with Gasteiger partial charge >= 0.3 is 0 Å². The number of halogens is 2. The van der Waals surface area contributed by atoms with Crippen molar-refractivity contribution < 1.29 is 14.3 Å². The lowest BCUT2D eigenvalue weighted by atomic mass is 9.91. The summed E-state index contributed by atoms with van der Waals surface area (Å²) in [5.41, 5.74) is 0.472. The summed E-state index contributed by atoms with van der Waals surface area (Å²) in [6.07, 6.45) is 4.33. The van der Waals surface area contributed by atoms with Crippen molar-refractivity contribution >= 4 is 46.5 Å². The van der Waals surface area contributed by atoms with Gasteiger partial charge in [-0.25, -0.2) is 0 Å². The van der Waals surface area contributed by atoms with Crippen LogP contribution in [0.25, 0.3) is 0 Å².